The molecular weight excluding hydrogens is 290 g/mol. The summed E-state index contributed by atoms with van der Waals surface area (Å²) in [6.45, 7) is 5.62. The quantitative estimate of drug-likeness (QED) is 0.796. The number of nitrogens with zero attached hydrogens (tertiary/aromatic N) is 3. The van der Waals surface area contributed by atoms with E-state index in [-0.39, 0.29) is 0 Å². The normalized spacial score (nSPS) is 14.2. The van der Waals surface area contributed by atoms with Crippen molar-refractivity contribution in [3.63, 3.8) is 0 Å². The van der Waals surface area contributed by atoms with Gasteiger partial charge >= 0.3 is 0 Å². The summed E-state index contributed by atoms with van der Waals surface area (Å²) in [4.78, 5) is 5.85. The number of nitriles is 1. The van der Waals surface area contributed by atoms with Gasteiger partial charge in [0.15, 0.2) is 0 Å². The number of ether oxygens (including phenoxy) is 1. The number of aromatic nitrogens is 1. The minimum atomic E-state index is -0.778. The van der Waals surface area contributed by atoms with E-state index in [0.717, 1.165) is 5.69 Å². The van der Waals surface area contributed by atoms with Crippen molar-refractivity contribution in [3.05, 3.63) is 24.5 Å². The Morgan fingerprint density at radius 1 is 1.40 bits per heavy atom. The van der Waals surface area contributed by atoms with E-state index in [0.29, 0.717) is 4.32 Å². The largest absolute Gasteiger partial charge is 0.376 e. The predicted octanol–water partition coefficient (Wildman–Crippen LogP) is 3.24. The third-order valence-corrected chi connectivity index (χ3v) is 5.45. The molecule has 0 spiro atoms. The van der Waals surface area contributed by atoms with Gasteiger partial charge in [0.2, 0.25) is 0 Å². The zero-order valence-corrected chi connectivity index (χ0v) is 14.0. The van der Waals surface area contributed by atoms with Crippen LogP contribution >= 0.6 is 24.0 Å². The van der Waals surface area contributed by atoms with E-state index in [4.69, 9.17) is 17.0 Å². The minimum absolute atomic E-state index is 0.616. The summed E-state index contributed by atoms with van der Waals surface area (Å²) in [5.41, 5.74) is 0.322. The Kier molecular flexibility index (Phi) is 5.51. The summed E-state index contributed by atoms with van der Waals surface area (Å²) in [5.74, 6) is 0. The Morgan fingerprint density at radius 2 is 1.95 bits per heavy atom. The van der Waals surface area contributed by atoms with Gasteiger partial charge in [0.25, 0.3) is 0 Å². The summed E-state index contributed by atoms with van der Waals surface area (Å²) in [7, 11) is 3.48. The second kappa shape index (κ2) is 6.53. The van der Waals surface area contributed by atoms with Crippen LogP contribution in [0, 0.1) is 11.3 Å². The van der Waals surface area contributed by atoms with Gasteiger partial charge in [0.05, 0.1) is 11.7 Å². The van der Waals surface area contributed by atoms with Crippen LogP contribution in [0.25, 0.3) is 0 Å². The molecule has 1 unspecified atom stereocenters. The van der Waals surface area contributed by atoms with Gasteiger partial charge in [-0.1, -0.05) is 24.0 Å². The number of thioether (sulfide) groups is 1. The predicted molar refractivity (Wildman–Crippen MR) is 87.9 cm³/mol. The molecule has 20 heavy (non-hydrogen) atoms. The lowest BCUT2D eigenvalue weighted by Crippen LogP contribution is -2.47. The Labute approximate surface area is 130 Å². The highest BCUT2D eigenvalue weighted by molar-refractivity contribution is 8.24. The molecule has 0 amide bonds. The summed E-state index contributed by atoms with van der Waals surface area (Å²) >= 11 is 6.78. The Bertz CT molecular complexity index is 513. The first-order valence-corrected chi connectivity index (χ1v) is 7.33. The molecule has 1 heterocycles. The van der Waals surface area contributed by atoms with Gasteiger partial charge in [-0.15, -0.1) is 0 Å². The van der Waals surface area contributed by atoms with Crippen molar-refractivity contribution in [2.45, 2.75) is 31.1 Å². The molecule has 0 fully saturated rings. The highest BCUT2D eigenvalue weighted by Crippen LogP contribution is 2.39. The van der Waals surface area contributed by atoms with Gasteiger partial charge in [0, 0.05) is 32.2 Å². The van der Waals surface area contributed by atoms with E-state index in [1.807, 2.05) is 44.9 Å². The number of methoxy groups -OCH3 is 1. The molecule has 0 saturated heterocycles. The minimum Gasteiger partial charge on any atom is -0.376 e. The highest BCUT2D eigenvalue weighted by Gasteiger charge is 2.44. The molecule has 0 aliphatic rings. The van der Waals surface area contributed by atoms with Crippen LogP contribution < -0.4 is 4.90 Å². The van der Waals surface area contributed by atoms with Gasteiger partial charge in [-0.3, -0.25) is 4.98 Å². The number of hydrogen-bond acceptors (Lipinski definition) is 5. The smallest absolute Gasteiger partial charge is 0.142 e. The van der Waals surface area contributed by atoms with Crippen molar-refractivity contribution >= 4 is 34.0 Å². The summed E-state index contributed by atoms with van der Waals surface area (Å²) in [5, 5.41) is 9.51. The molecule has 1 rings (SSSR count). The van der Waals surface area contributed by atoms with Crippen molar-refractivity contribution in [1.82, 2.24) is 4.98 Å². The number of anilines is 1. The molecule has 0 saturated carbocycles. The molecule has 0 N–H and O–H groups in total. The zero-order chi connectivity index (χ0) is 15.4. The molecule has 1 aromatic rings. The Hall–Kier alpha value is -1.16. The third kappa shape index (κ3) is 3.48. The van der Waals surface area contributed by atoms with Gasteiger partial charge in [-0.25, -0.2) is 0 Å². The van der Waals surface area contributed by atoms with E-state index in [2.05, 4.69) is 11.1 Å². The number of hydrogen-bond donors (Lipinski definition) is 0. The fraction of sp³-hybridized carbons (Fsp3) is 0.500. The lowest BCUT2D eigenvalue weighted by Gasteiger charge is -2.38. The second-order valence-corrected chi connectivity index (χ2v) is 7.04. The highest BCUT2D eigenvalue weighted by atomic mass is 32.2. The van der Waals surface area contributed by atoms with Crippen LogP contribution in [0.3, 0.4) is 0 Å². The zero-order valence-electron chi connectivity index (χ0n) is 12.4. The topological polar surface area (TPSA) is 49.1 Å². The summed E-state index contributed by atoms with van der Waals surface area (Å²) in [6, 6.07) is 6.06. The number of pyridine rings is 1. The number of thiocarbonyl (C=S) groups is 1. The Morgan fingerprint density at radius 3 is 2.40 bits per heavy atom. The van der Waals surface area contributed by atoms with Crippen LogP contribution in [0.5, 0.6) is 0 Å². The van der Waals surface area contributed by atoms with Crippen LogP contribution in [0.2, 0.25) is 0 Å². The van der Waals surface area contributed by atoms with Crippen molar-refractivity contribution in [3.8, 4) is 6.07 Å². The van der Waals surface area contributed by atoms with Crippen molar-refractivity contribution in [1.29, 1.82) is 5.26 Å². The second-order valence-electron chi connectivity index (χ2n) is 4.99. The molecule has 0 bridgehead atoms. The summed E-state index contributed by atoms with van der Waals surface area (Å²) < 4.78 is 5.29. The third-order valence-electron chi connectivity index (χ3n) is 3.49. The molecule has 4 nitrogen and oxygen atoms in total. The first-order valence-electron chi connectivity index (χ1n) is 6.10. The van der Waals surface area contributed by atoms with Gasteiger partial charge in [-0.05, 0) is 32.9 Å². The lowest BCUT2D eigenvalue weighted by atomic mass is 9.93. The van der Waals surface area contributed by atoms with Gasteiger partial charge in [0.1, 0.15) is 9.07 Å². The monoisotopic (exact) mass is 309 g/mol. The molecule has 1 atom stereocenters. The first-order chi connectivity index (χ1) is 9.27. The van der Waals surface area contributed by atoms with E-state index in [1.54, 1.807) is 19.5 Å². The van der Waals surface area contributed by atoms with Crippen LogP contribution in [0.15, 0.2) is 24.5 Å². The van der Waals surface area contributed by atoms with Crippen LogP contribution in [-0.4, -0.2) is 33.8 Å². The maximum absolute atomic E-state index is 9.51. The molecule has 0 aliphatic carbocycles. The van der Waals surface area contributed by atoms with Crippen LogP contribution in [-0.2, 0) is 4.74 Å². The SMILES string of the molecule is COC(C)(C)C(C)(C#N)SC(=S)N(C)c1ccncc1. The molecule has 0 radical (unpaired) electrons. The molecule has 0 aliphatic heterocycles. The van der Waals surface area contributed by atoms with Crippen LogP contribution in [0.4, 0.5) is 5.69 Å². The molecule has 0 aromatic carbocycles. The van der Waals surface area contributed by atoms with E-state index >= 15 is 0 Å². The maximum Gasteiger partial charge on any atom is 0.142 e. The van der Waals surface area contributed by atoms with E-state index in [9.17, 15) is 5.26 Å². The van der Waals surface area contributed by atoms with Crippen molar-refractivity contribution in [2.75, 3.05) is 19.1 Å². The molecule has 6 heteroatoms. The molecular formula is C14H19N3OS2. The van der Waals surface area contributed by atoms with Crippen molar-refractivity contribution < 1.29 is 4.74 Å². The lowest BCUT2D eigenvalue weighted by molar-refractivity contribution is 0.00807. The van der Waals surface area contributed by atoms with Gasteiger partial charge in [-0.2, -0.15) is 5.26 Å². The van der Waals surface area contributed by atoms with Gasteiger partial charge < -0.3 is 9.64 Å². The average molecular weight is 309 g/mol. The molecule has 1 aromatic heterocycles. The standard InChI is InChI=1S/C14H19N3OS2/c1-13(2,18-5)14(3,10-15)20-12(19)17(4)11-6-8-16-9-7-11/h6-9H,1-5H3. The fourth-order valence-electron chi connectivity index (χ4n) is 1.39. The van der Waals surface area contributed by atoms with Crippen LogP contribution in [0.1, 0.15) is 20.8 Å². The summed E-state index contributed by atoms with van der Waals surface area (Å²) in [6.07, 6.45) is 3.42. The fourth-order valence-corrected chi connectivity index (χ4v) is 2.96. The first kappa shape index (κ1) is 16.9. The van der Waals surface area contributed by atoms with E-state index < -0.39 is 10.3 Å². The van der Waals surface area contributed by atoms with Crippen molar-refractivity contribution in [2.24, 2.45) is 0 Å². The maximum atomic E-state index is 9.51. The van der Waals surface area contributed by atoms with E-state index in [1.165, 1.54) is 11.8 Å². The Balaban J connectivity index is 2.92. The number of rotatable bonds is 4. The molecule has 108 valence electrons. The average Bonchev–Trinajstić information content (AvgIpc) is 2.46.